The Balaban J connectivity index is 2.31. The van der Waals surface area contributed by atoms with Crippen molar-refractivity contribution in [2.75, 3.05) is 20.1 Å². The molecular formula is C13H16F3NO. The number of carbonyl (C=O) groups is 1. The molecule has 0 aliphatic heterocycles. The molecule has 0 aliphatic rings. The lowest BCUT2D eigenvalue weighted by Crippen LogP contribution is -2.26. The van der Waals surface area contributed by atoms with Gasteiger partial charge in [-0.15, -0.1) is 0 Å². The Labute approximate surface area is 104 Å². The topological polar surface area (TPSA) is 20.3 Å². The predicted octanol–water partition coefficient (Wildman–Crippen LogP) is 2.99. The molecule has 0 radical (unpaired) electrons. The van der Waals surface area contributed by atoms with E-state index < -0.39 is 6.43 Å². The zero-order chi connectivity index (χ0) is 13.5. The summed E-state index contributed by atoms with van der Waals surface area (Å²) in [6.45, 7) is 0.155. The van der Waals surface area contributed by atoms with Gasteiger partial charge in [0.15, 0.2) is 5.78 Å². The lowest BCUT2D eigenvalue weighted by Gasteiger charge is -2.15. The maximum atomic E-state index is 12.6. The zero-order valence-electron chi connectivity index (χ0n) is 10.2. The van der Waals surface area contributed by atoms with E-state index in [1.54, 1.807) is 7.05 Å². The van der Waals surface area contributed by atoms with Crippen LogP contribution in [-0.4, -0.2) is 37.2 Å². The van der Waals surface area contributed by atoms with Gasteiger partial charge in [-0.05, 0) is 44.3 Å². The van der Waals surface area contributed by atoms with Crippen LogP contribution in [0, 0.1) is 5.82 Å². The Hall–Kier alpha value is -1.36. The Kier molecular flexibility index (Phi) is 5.85. The van der Waals surface area contributed by atoms with Crippen LogP contribution in [-0.2, 0) is 0 Å². The summed E-state index contributed by atoms with van der Waals surface area (Å²) in [6, 6.07) is 5.33. The summed E-state index contributed by atoms with van der Waals surface area (Å²) in [6.07, 6.45) is -1.57. The third-order valence-electron chi connectivity index (χ3n) is 2.56. The quantitative estimate of drug-likeness (QED) is 0.702. The first kappa shape index (κ1) is 14.7. The highest BCUT2D eigenvalue weighted by molar-refractivity contribution is 5.95. The van der Waals surface area contributed by atoms with Gasteiger partial charge in [0, 0.05) is 12.0 Å². The second-order valence-electron chi connectivity index (χ2n) is 4.19. The summed E-state index contributed by atoms with van der Waals surface area (Å²) in [5.74, 6) is -0.483. The SMILES string of the molecule is CN(CCCC(=O)c1ccc(F)cc1)CC(F)F. The van der Waals surface area contributed by atoms with Crippen LogP contribution < -0.4 is 0 Å². The van der Waals surface area contributed by atoms with E-state index >= 15 is 0 Å². The second kappa shape index (κ2) is 7.16. The molecule has 0 amide bonds. The number of hydrogen-bond acceptors (Lipinski definition) is 2. The largest absolute Gasteiger partial charge is 0.301 e. The van der Waals surface area contributed by atoms with E-state index in [1.807, 2.05) is 0 Å². The number of Topliss-reactive ketones (excluding diaryl/α,β-unsaturated/α-hetero) is 1. The predicted molar refractivity (Wildman–Crippen MR) is 63.5 cm³/mol. The summed E-state index contributed by atoms with van der Waals surface area (Å²) in [4.78, 5) is 13.2. The minimum atomic E-state index is -2.36. The minimum absolute atomic E-state index is 0.0968. The average molecular weight is 259 g/mol. The van der Waals surface area contributed by atoms with E-state index in [0.29, 0.717) is 18.5 Å². The fourth-order valence-electron chi connectivity index (χ4n) is 1.62. The molecular weight excluding hydrogens is 243 g/mol. The maximum absolute atomic E-state index is 12.6. The van der Waals surface area contributed by atoms with Gasteiger partial charge in [-0.3, -0.25) is 4.79 Å². The number of rotatable bonds is 7. The van der Waals surface area contributed by atoms with Gasteiger partial charge in [0.25, 0.3) is 6.43 Å². The van der Waals surface area contributed by atoms with Crippen molar-refractivity contribution >= 4 is 5.78 Å². The molecule has 0 fully saturated rings. The summed E-state index contributed by atoms with van der Waals surface area (Å²) < 4.78 is 36.7. The normalized spacial score (nSPS) is 11.2. The molecule has 5 heteroatoms. The van der Waals surface area contributed by atoms with Gasteiger partial charge in [-0.2, -0.15) is 0 Å². The van der Waals surface area contributed by atoms with Crippen molar-refractivity contribution in [1.82, 2.24) is 4.90 Å². The van der Waals surface area contributed by atoms with Crippen molar-refractivity contribution in [3.8, 4) is 0 Å². The maximum Gasteiger partial charge on any atom is 0.251 e. The molecule has 0 heterocycles. The monoisotopic (exact) mass is 259 g/mol. The van der Waals surface area contributed by atoms with Crippen molar-refractivity contribution in [3.05, 3.63) is 35.6 Å². The van der Waals surface area contributed by atoms with Gasteiger partial charge in [-0.1, -0.05) is 0 Å². The number of carbonyl (C=O) groups excluding carboxylic acids is 1. The molecule has 100 valence electrons. The Morgan fingerprint density at radius 1 is 1.28 bits per heavy atom. The van der Waals surface area contributed by atoms with Gasteiger partial charge in [-0.25, -0.2) is 13.2 Å². The van der Waals surface area contributed by atoms with Crippen LogP contribution in [0.15, 0.2) is 24.3 Å². The van der Waals surface area contributed by atoms with Crippen LogP contribution in [0.25, 0.3) is 0 Å². The molecule has 2 nitrogen and oxygen atoms in total. The van der Waals surface area contributed by atoms with Crippen LogP contribution in [0.3, 0.4) is 0 Å². The summed E-state index contributed by atoms with van der Waals surface area (Å²) in [5.41, 5.74) is 0.452. The van der Waals surface area contributed by atoms with E-state index in [2.05, 4.69) is 0 Å². The average Bonchev–Trinajstić information content (AvgIpc) is 2.28. The molecule has 1 aromatic rings. The fraction of sp³-hybridized carbons (Fsp3) is 0.462. The second-order valence-corrected chi connectivity index (χ2v) is 4.19. The molecule has 1 rings (SSSR count). The van der Waals surface area contributed by atoms with Gasteiger partial charge in [0.1, 0.15) is 5.82 Å². The molecule has 0 spiro atoms. The molecule has 0 saturated carbocycles. The summed E-state index contributed by atoms with van der Waals surface area (Å²) in [7, 11) is 1.59. The molecule has 1 aromatic carbocycles. The molecule has 0 bridgehead atoms. The van der Waals surface area contributed by atoms with Crippen LogP contribution in [0.1, 0.15) is 23.2 Å². The minimum Gasteiger partial charge on any atom is -0.301 e. The van der Waals surface area contributed by atoms with Crippen molar-refractivity contribution in [1.29, 1.82) is 0 Å². The summed E-state index contributed by atoms with van der Waals surface area (Å²) >= 11 is 0. The van der Waals surface area contributed by atoms with Crippen molar-refractivity contribution < 1.29 is 18.0 Å². The lowest BCUT2D eigenvalue weighted by atomic mass is 10.1. The van der Waals surface area contributed by atoms with Crippen LogP contribution in [0.4, 0.5) is 13.2 Å². The van der Waals surface area contributed by atoms with Gasteiger partial charge >= 0.3 is 0 Å². The zero-order valence-corrected chi connectivity index (χ0v) is 10.2. The van der Waals surface area contributed by atoms with Crippen LogP contribution >= 0.6 is 0 Å². The van der Waals surface area contributed by atoms with Crippen LogP contribution in [0.5, 0.6) is 0 Å². The summed E-state index contributed by atoms with van der Waals surface area (Å²) in [5, 5.41) is 0. The third kappa shape index (κ3) is 5.31. The molecule has 0 saturated heterocycles. The van der Waals surface area contributed by atoms with Crippen molar-refractivity contribution in [3.63, 3.8) is 0 Å². The van der Waals surface area contributed by atoms with Crippen molar-refractivity contribution in [2.45, 2.75) is 19.3 Å². The van der Waals surface area contributed by atoms with E-state index in [9.17, 15) is 18.0 Å². The third-order valence-corrected chi connectivity index (χ3v) is 2.56. The highest BCUT2D eigenvalue weighted by Gasteiger charge is 2.09. The Morgan fingerprint density at radius 3 is 2.44 bits per heavy atom. The smallest absolute Gasteiger partial charge is 0.251 e. The molecule has 0 atom stereocenters. The van der Waals surface area contributed by atoms with Gasteiger partial charge < -0.3 is 4.90 Å². The number of alkyl halides is 2. The number of hydrogen-bond donors (Lipinski definition) is 0. The lowest BCUT2D eigenvalue weighted by molar-refractivity contribution is 0.0937. The number of ketones is 1. The van der Waals surface area contributed by atoms with E-state index in [1.165, 1.54) is 29.2 Å². The standard InChI is InChI=1S/C13H16F3NO/c1-17(9-13(15)16)8-2-3-12(18)10-4-6-11(14)7-5-10/h4-7,13H,2-3,8-9H2,1H3. The first-order valence-electron chi connectivity index (χ1n) is 5.74. The van der Waals surface area contributed by atoms with Crippen LogP contribution in [0.2, 0.25) is 0 Å². The van der Waals surface area contributed by atoms with E-state index in [4.69, 9.17) is 0 Å². The molecule has 0 aromatic heterocycles. The van der Waals surface area contributed by atoms with E-state index in [0.717, 1.165) is 0 Å². The highest BCUT2D eigenvalue weighted by atomic mass is 19.3. The molecule has 18 heavy (non-hydrogen) atoms. The highest BCUT2D eigenvalue weighted by Crippen LogP contribution is 2.08. The Morgan fingerprint density at radius 2 is 1.89 bits per heavy atom. The van der Waals surface area contributed by atoms with E-state index in [-0.39, 0.29) is 24.6 Å². The molecule has 0 aliphatic carbocycles. The molecule has 0 N–H and O–H groups in total. The fourth-order valence-corrected chi connectivity index (χ4v) is 1.62. The first-order chi connectivity index (χ1) is 8.49. The van der Waals surface area contributed by atoms with Crippen molar-refractivity contribution in [2.24, 2.45) is 0 Å². The number of nitrogens with zero attached hydrogens (tertiary/aromatic N) is 1. The number of benzene rings is 1. The van der Waals surface area contributed by atoms with Gasteiger partial charge in [0.05, 0.1) is 6.54 Å². The number of halogens is 3. The first-order valence-corrected chi connectivity index (χ1v) is 5.74. The molecule has 0 unspecified atom stereocenters. The van der Waals surface area contributed by atoms with Gasteiger partial charge in [0.2, 0.25) is 0 Å². The Bertz CT molecular complexity index is 378.